The van der Waals surface area contributed by atoms with Crippen LogP contribution in [0.15, 0.2) is 60.7 Å². The van der Waals surface area contributed by atoms with Crippen molar-refractivity contribution in [2.24, 2.45) is 0 Å². The van der Waals surface area contributed by atoms with Gasteiger partial charge >= 0.3 is 0 Å². The molecule has 2 aromatic heterocycles. The fourth-order valence-corrected chi connectivity index (χ4v) is 2.69. The summed E-state index contributed by atoms with van der Waals surface area (Å²) in [5.41, 5.74) is 8.96. The third kappa shape index (κ3) is 2.31. The van der Waals surface area contributed by atoms with E-state index in [1.54, 1.807) is 0 Å². The molecule has 0 amide bonds. The van der Waals surface area contributed by atoms with Crippen molar-refractivity contribution in [3.8, 4) is 22.6 Å². The summed E-state index contributed by atoms with van der Waals surface area (Å²) < 4.78 is 1.47. The van der Waals surface area contributed by atoms with Crippen molar-refractivity contribution in [3.05, 3.63) is 65.7 Å². The zero-order chi connectivity index (χ0) is 15.8. The van der Waals surface area contributed by atoms with E-state index >= 15 is 0 Å². The van der Waals surface area contributed by atoms with Crippen LogP contribution in [-0.4, -0.2) is 19.6 Å². The summed E-state index contributed by atoms with van der Waals surface area (Å²) in [5.74, 6) is 0.773. The van der Waals surface area contributed by atoms with E-state index in [0.717, 1.165) is 11.1 Å². The molecule has 0 spiro atoms. The topological polar surface area (TPSA) is 69.1 Å². The summed E-state index contributed by atoms with van der Waals surface area (Å²) >= 11 is 6.49. The molecule has 0 aliphatic carbocycles. The van der Waals surface area contributed by atoms with Crippen LogP contribution in [0.2, 0.25) is 5.02 Å². The van der Waals surface area contributed by atoms with Gasteiger partial charge in [-0.3, -0.25) is 0 Å². The number of halogens is 1. The molecule has 4 aromatic rings. The molecule has 0 unspecified atom stereocenters. The normalized spacial score (nSPS) is 11.0. The number of fused-ring (bicyclic) bond motifs is 1. The molecule has 0 aliphatic rings. The van der Waals surface area contributed by atoms with Crippen LogP contribution in [0.3, 0.4) is 0 Å². The summed E-state index contributed by atoms with van der Waals surface area (Å²) in [5, 5.41) is 4.91. The Kier molecular flexibility index (Phi) is 3.20. The summed E-state index contributed by atoms with van der Waals surface area (Å²) in [4.78, 5) is 8.86. The van der Waals surface area contributed by atoms with Crippen LogP contribution < -0.4 is 5.73 Å². The van der Waals surface area contributed by atoms with Gasteiger partial charge < -0.3 is 5.73 Å². The fourth-order valence-electron chi connectivity index (χ4n) is 2.42. The average Bonchev–Trinajstić information content (AvgIpc) is 2.94. The highest BCUT2D eigenvalue weighted by Gasteiger charge is 2.17. The summed E-state index contributed by atoms with van der Waals surface area (Å²) in [7, 11) is 0. The number of benzene rings is 2. The van der Waals surface area contributed by atoms with Gasteiger partial charge in [0.1, 0.15) is 10.7 Å². The zero-order valence-electron chi connectivity index (χ0n) is 12.0. The summed E-state index contributed by atoms with van der Waals surface area (Å²) in [6.45, 7) is 0. The van der Waals surface area contributed by atoms with Crippen LogP contribution >= 0.6 is 11.6 Å². The molecule has 0 saturated carbocycles. The Morgan fingerprint density at radius 2 is 1.43 bits per heavy atom. The van der Waals surface area contributed by atoms with Crippen molar-refractivity contribution in [1.29, 1.82) is 0 Å². The molecule has 2 heterocycles. The van der Waals surface area contributed by atoms with Crippen LogP contribution in [0, 0.1) is 0 Å². The number of anilines is 1. The standard InChI is InChI=1S/C17H12ClN5/c18-13-14(11-7-3-1-4-8-11)22-23-16(13)20-15(21-17(23)19)12-9-5-2-6-10-12/h1-10H,(H2,19,20,21). The average molecular weight is 322 g/mol. The number of rotatable bonds is 2. The smallest absolute Gasteiger partial charge is 0.225 e. The van der Waals surface area contributed by atoms with Crippen LogP contribution in [0.4, 0.5) is 5.95 Å². The van der Waals surface area contributed by atoms with E-state index in [-0.39, 0.29) is 5.95 Å². The van der Waals surface area contributed by atoms with Crippen LogP contribution in [0.1, 0.15) is 0 Å². The first-order valence-electron chi connectivity index (χ1n) is 7.06. The molecule has 5 nitrogen and oxygen atoms in total. The lowest BCUT2D eigenvalue weighted by molar-refractivity contribution is 0.916. The molecule has 0 fully saturated rings. The molecule has 6 heteroatoms. The van der Waals surface area contributed by atoms with E-state index in [4.69, 9.17) is 17.3 Å². The number of hydrogen-bond donors (Lipinski definition) is 1. The molecule has 112 valence electrons. The maximum absolute atomic E-state index is 6.49. The van der Waals surface area contributed by atoms with Gasteiger partial charge in [-0.25, -0.2) is 4.98 Å². The van der Waals surface area contributed by atoms with Crippen molar-refractivity contribution in [2.45, 2.75) is 0 Å². The molecular weight excluding hydrogens is 310 g/mol. The minimum atomic E-state index is 0.248. The second-order valence-corrected chi connectivity index (χ2v) is 5.41. The maximum atomic E-state index is 6.49. The van der Waals surface area contributed by atoms with Crippen LogP contribution in [-0.2, 0) is 0 Å². The van der Waals surface area contributed by atoms with E-state index in [1.165, 1.54) is 4.52 Å². The lowest BCUT2D eigenvalue weighted by Crippen LogP contribution is -2.05. The maximum Gasteiger partial charge on any atom is 0.225 e. The lowest BCUT2D eigenvalue weighted by atomic mass is 10.1. The number of nitrogens with zero attached hydrogens (tertiary/aromatic N) is 4. The van der Waals surface area contributed by atoms with Crippen molar-refractivity contribution >= 4 is 23.2 Å². The van der Waals surface area contributed by atoms with Crippen molar-refractivity contribution in [1.82, 2.24) is 19.6 Å². The van der Waals surface area contributed by atoms with Gasteiger partial charge in [0.25, 0.3) is 0 Å². The summed E-state index contributed by atoms with van der Waals surface area (Å²) in [6.07, 6.45) is 0. The third-order valence-electron chi connectivity index (χ3n) is 3.53. The Labute approximate surface area is 137 Å². The van der Waals surface area contributed by atoms with Crippen LogP contribution in [0.5, 0.6) is 0 Å². The molecule has 2 aromatic carbocycles. The van der Waals surface area contributed by atoms with Gasteiger partial charge in [-0.05, 0) is 0 Å². The largest absolute Gasteiger partial charge is 0.368 e. The van der Waals surface area contributed by atoms with E-state index in [1.807, 2.05) is 60.7 Å². The molecule has 4 rings (SSSR count). The molecule has 0 saturated heterocycles. The fraction of sp³-hybridized carbons (Fsp3) is 0. The van der Waals surface area contributed by atoms with Gasteiger partial charge in [0.05, 0.1) is 0 Å². The highest BCUT2D eigenvalue weighted by molar-refractivity contribution is 6.36. The molecule has 0 bridgehead atoms. The molecular formula is C17H12ClN5. The minimum absolute atomic E-state index is 0.248. The highest BCUT2D eigenvalue weighted by atomic mass is 35.5. The SMILES string of the molecule is Nc1nc(-c2ccccc2)nc2c(Cl)c(-c3ccccc3)nn12. The lowest BCUT2D eigenvalue weighted by Gasteiger charge is -2.03. The molecule has 2 N–H and O–H groups in total. The molecule has 0 radical (unpaired) electrons. The number of nitrogen functional groups attached to an aromatic ring is 1. The molecule has 0 atom stereocenters. The van der Waals surface area contributed by atoms with E-state index in [0.29, 0.717) is 22.2 Å². The van der Waals surface area contributed by atoms with Crippen molar-refractivity contribution in [3.63, 3.8) is 0 Å². The van der Waals surface area contributed by atoms with Gasteiger partial charge in [-0.2, -0.15) is 14.6 Å². The first kappa shape index (κ1) is 13.7. The second kappa shape index (κ2) is 5.37. The number of hydrogen-bond acceptors (Lipinski definition) is 4. The molecule has 0 aliphatic heterocycles. The van der Waals surface area contributed by atoms with Crippen molar-refractivity contribution < 1.29 is 0 Å². The quantitative estimate of drug-likeness (QED) is 0.611. The van der Waals surface area contributed by atoms with Gasteiger partial charge in [0, 0.05) is 11.1 Å². The Morgan fingerprint density at radius 3 is 2.09 bits per heavy atom. The van der Waals surface area contributed by atoms with Gasteiger partial charge in [-0.1, -0.05) is 72.3 Å². The minimum Gasteiger partial charge on any atom is -0.368 e. The van der Waals surface area contributed by atoms with Crippen LogP contribution in [0.25, 0.3) is 28.3 Å². The summed E-state index contributed by atoms with van der Waals surface area (Å²) in [6, 6.07) is 19.3. The first-order chi connectivity index (χ1) is 11.2. The Morgan fingerprint density at radius 1 is 0.826 bits per heavy atom. The van der Waals surface area contributed by atoms with E-state index in [9.17, 15) is 0 Å². The predicted molar refractivity (Wildman–Crippen MR) is 91.1 cm³/mol. The van der Waals surface area contributed by atoms with Gasteiger partial charge in [-0.15, -0.1) is 0 Å². The molecule has 23 heavy (non-hydrogen) atoms. The zero-order valence-corrected chi connectivity index (χ0v) is 12.8. The Balaban J connectivity index is 1.95. The number of nitrogens with two attached hydrogens (primary N) is 1. The van der Waals surface area contributed by atoms with E-state index in [2.05, 4.69) is 15.1 Å². The van der Waals surface area contributed by atoms with Gasteiger partial charge in [0.15, 0.2) is 11.5 Å². The predicted octanol–water partition coefficient (Wildman–Crippen LogP) is 3.69. The third-order valence-corrected chi connectivity index (χ3v) is 3.88. The van der Waals surface area contributed by atoms with Gasteiger partial charge in [0.2, 0.25) is 5.95 Å². The Bertz CT molecular complexity index is 980. The Hall–Kier alpha value is -2.92. The van der Waals surface area contributed by atoms with Crippen molar-refractivity contribution in [2.75, 3.05) is 5.73 Å². The highest BCUT2D eigenvalue weighted by Crippen LogP contribution is 2.31. The second-order valence-electron chi connectivity index (χ2n) is 5.04. The van der Waals surface area contributed by atoms with E-state index < -0.39 is 0 Å². The number of aromatic nitrogens is 4. The first-order valence-corrected chi connectivity index (χ1v) is 7.44. The monoisotopic (exact) mass is 321 g/mol.